The van der Waals surface area contributed by atoms with E-state index >= 15 is 0 Å². The highest BCUT2D eigenvalue weighted by Crippen LogP contribution is 2.40. The lowest BCUT2D eigenvalue weighted by Gasteiger charge is -2.28. The minimum absolute atomic E-state index is 0.0681. The summed E-state index contributed by atoms with van der Waals surface area (Å²) in [5.74, 6) is 0.700. The molecule has 1 aromatic heterocycles. The Bertz CT molecular complexity index is 1150. The highest BCUT2D eigenvalue weighted by Gasteiger charge is 2.30. The second kappa shape index (κ2) is 10.4. The molecule has 3 aromatic rings. The van der Waals surface area contributed by atoms with E-state index in [1.807, 2.05) is 38.1 Å². The van der Waals surface area contributed by atoms with E-state index in [0.29, 0.717) is 24.5 Å². The molecular formula is C25H29N5O2S. The summed E-state index contributed by atoms with van der Waals surface area (Å²) in [4.78, 5) is 6.97. The van der Waals surface area contributed by atoms with Gasteiger partial charge >= 0.3 is 0 Å². The summed E-state index contributed by atoms with van der Waals surface area (Å²) >= 11 is 1.34. The first-order chi connectivity index (χ1) is 16.0. The Hall–Kier alpha value is -2.83. The average Bonchev–Trinajstić information content (AvgIpc) is 3.46. The summed E-state index contributed by atoms with van der Waals surface area (Å²) in [6.07, 6.45) is 1.85. The fourth-order valence-corrected chi connectivity index (χ4v) is 5.23. The van der Waals surface area contributed by atoms with Crippen LogP contribution in [0.2, 0.25) is 0 Å². The summed E-state index contributed by atoms with van der Waals surface area (Å²) in [6, 6.07) is 14.7. The lowest BCUT2D eigenvalue weighted by Crippen LogP contribution is -2.32. The maximum atomic E-state index is 9.58. The summed E-state index contributed by atoms with van der Waals surface area (Å²) in [7, 11) is 0. The van der Waals surface area contributed by atoms with Crippen LogP contribution in [0.25, 0.3) is 22.0 Å². The standard InChI is InChI=1S/C25H29N5O2S/c1-16(2)27-22-8-6-17(14-18(22)15-26)25-28-24(29-33-25)21-5-3-4-20-19(21)7-9-23(20)30(10-12-31)11-13-32/h3-6,8,14,16,23,27,31-32H,7,9-13H2,1-2H3. The third-order valence-electron chi connectivity index (χ3n) is 5.95. The predicted octanol–water partition coefficient (Wildman–Crippen LogP) is 3.84. The van der Waals surface area contributed by atoms with Gasteiger partial charge < -0.3 is 15.5 Å². The minimum atomic E-state index is 0.0681. The van der Waals surface area contributed by atoms with Crippen molar-refractivity contribution in [2.24, 2.45) is 0 Å². The third kappa shape index (κ3) is 4.92. The van der Waals surface area contributed by atoms with Crippen molar-refractivity contribution in [3.8, 4) is 28.0 Å². The number of aliphatic hydroxyl groups is 2. The molecule has 1 unspecified atom stereocenters. The van der Waals surface area contributed by atoms with Crippen molar-refractivity contribution in [1.29, 1.82) is 5.26 Å². The highest BCUT2D eigenvalue weighted by atomic mass is 32.1. The van der Waals surface area contributed by atoms with Crippen LogP contribution in [-0.2, 0) is 6.42 Å². The minimum Gasteiger partial charge on any atom is -0.395 e. The van der Waals surface area contributed by atoms with E-state index in [2.05, 4.69) is 32.8 Å². The Morgan fingerprint density at radius 2 is 2.00 bits per heavy atom. The second-order valence-electron chi connectivity index (χ2n) is 8.51. The Morgan fingerprint density at radius 3 is 2.70 bits per heavy atom. The lowest BCUT2D eigenvalue weighted by molar-refractivity contribution is 0.121. The van der Waals surface area contributed by atoms with Crippen LogP contribution in [0.1, 0.15) is 43.0 Å². The van der Waals surface area contributed by atoms with Crippen LogP contribution < -0.4 is 5.32 Å². The van der Waals surface area contributed by atoms with Gasteiger partial charge in [0.15, 0.2) is 5.82 Å². The van der Waals surface area contributed by atoms with Crippen molar-refractivity contribution >= 4 is 17.2 Å². The summed E-state index contributed by atoms with van der Waals surface area (Å²) in [5, 5.41) is 32.6. The number of nitrogens with one attached hydrogen (secondary N) is 1. The Morgan fingerprint density at radius 1 is 1.21 bits per heavy atom. The normalized spacial score (nSPS) is 15.1. The van der Waals surface area contributed by atoms with E-state index < -0.39 is 0 Å². The molecule has 2 aromatic carbocycles. The molecule has 0 saturated carbocycles. The Kier molecular flexibility index (Phi) is 7.36. The summed E-state index contributed by atoms with van der Waals surface area (Å²) < 4.78 is 4.65. The molecule has 7 nitrogen and oxygen atoms in total. The Labute approximate surface area is 198 Å². The first kappa shape index (κ1) is 23.3. The van der Waals surface area contributed by atoms with Crippen LogP contribution in [0.15, 0.2) is 36.4 Å². The van der Waals surface area contributed by atoms with Crippen molar-refractivity contribution in [3.63, 3.8) is 0 Å². The molecule has 0 aliphatic heterocycles. The monoisotopic (exact) mass is 463 g/mol. The third-order valence-corrected chi connectivity index (χ3v) is 6.72. The maximum Gasteiger partial charge on any atom is 0.173 e. The topological polar surface area (TPSA) is 105 Å². The zero-order chi connectivity index (χ0) is 23.4. The first-order valence-electron chi connectivity index (χ1n) is 11.3. The van der Waals surface area contributed by atoms with Crippen molar-refractivity contribution in [2.75, 3.05) is 31.6 Å². The van der Waals surface area contributed by atoms with Gasteiger partial charge in [-0.1, -0.05) is 18.2 Å². The SMILES string of the molecule is CC(C)Nc1ccc(-c2nc(-c3cccc4c3CCC4N(CCO)CCO)ns2)cc1C#N. The van der Waals surface area contributed by atoms with E-state index in [-0.39, 0.29) is 25.3 Å². The van der Waals surface area contributed by atoms with Crippen molar-refractivity contribution < 1.29 is 10.2 Å². The van der Waals surface area contributed by atoms with Gasteiger partial charge in [-0.2, -0.15) is 9.64 Å². The van der Waals surface area contributed by atoms with Gasteiger partial charge in [0.2, 0.25) is 0 Å². The predicted molar refractivity (Wildman–Crippen MR) is 131 cm³/mol. The molecule has 0 spiro atoms. The number of nitrogens with zero attached hydrogens (tertiary/aromatic N) is 4. The van der Waals surface area contributed by atoms with Crippen LogP contribution >= 0.6 is 11.5 Å². The van der Waals surface area contributed by atoms with Gasteiger partial charge in [0.25, 0.3) is 0 Å². The molecule has 3 N–H and O–H groups in total. The largest absolute Gasteiger partial charge is 0.395 e. The number of anilines is 1. The van der Waals surface area contributed by atoms with Crippen LogP contribution in [-0.4, -0.2) is 56.8 Å². The average molecular weight is 464 g/mol. The molecule has 1 heterocycles. The fourth-order valence-electron chi connectivity index (χ4n) is 4.56. The highest BCUT2D eigenvalue weighted by molar-refractivity contribution is 7.09. The van der Waals surface area contributed by atoms with E-state index in [4.69, 9.17) is 4.98 Å². The van der Waals surface area contributed by atoms with Crippen LogP contribution in [0, 0.1) is 11.3 Å². The van der Waals surface area contributed by atoms with Gasteiger partial charge in [-0.25, -0.2) is 4.98 Å². The van der Waals surface area contributed by atoms with E-state index in [1.54, 1.807) is 0 Å². The smallest absolute Gasteiger partial charge is 0.173 e. The number of hydrogen-bond acceptors (Lipinski definition) is 8. The van der Waals surface area contributed by atoms with Gasteiger partial charge in [-0.3, -0.25) is 4.90 Å². The van der Waals surface area contributed by atoms with Crippen molar-refractivity contribution in [1.82, 2.24) is 14.3 Å². The van der Waals surface area contributed by atoms with Crippen molar-refractivity contribution in [3.05, 3.63) is 53.1 Å². The van der Waals surface area contributed by atoms with E-state index in [0.717, 1.165) is 34.7 Å². The van der Waals surface area contributed by atoms with Crippen LogP contribution in [0.3, 0.4) is 0 Å². The van der Waals surface area contributed by atoms with Crippen LogP contribution in [0.5, 0.6) is 0 Å². The molecule has 33 heavy (non-hydrogen) atoms. The number of aliphatic hydroxyl groups excluding tert-OH is 2. The van der Waals surface area contributed by atoms with Crippen molar-refractivity contribution in [2.45, 2.75) is 38.8 Å². The summed E-state index contributed by atoms with van der Waals surface area (Å²) in [5.41, 5.74) is 5.79. The number of rotatable bonds is 9. The number of nitriles is 1. The molecule has 0 saturated heterocycles. The van der Waals surface area contributed by atoms with Gasteiger partial charge in [-0.15, -0.1) is 0 Å². The zero-order valence-corrected chi connectivity index (χ0v) is 19.8. The molecule has 8 heteroatoms. The molecule has 172 valence electrons. The van der Waals surface area contributed by atoms with Gasteiger partial charge in [-0.05, 0) is 67.5 Å². The van der Waals surface area contributed by atoms with Gasteiger partial charge in [0, 0.05) is 36.3 Å². The van der Waals surface area contributed by atoms with Crippen LogP contribution in [0.4, 0.5) is 5.69 Å². The molecule has 1 aliphatic carbocycles. The number of benzene rings is 2. The molecule has 1 aliphatic rings. The second-order valence-corrected chi connectivity index (χ2v) is 9.26. The van der Waals surface area contributed by atoms with E-state index in [9.17, 15) is 15.5 Å². The Balaban J connectivity index is 1.64. The number of hydrogen-bond donors (Lipinski definition) is 3. The molecule has 0 bridgehead atoms. The van der Waals surface area contributed by atoms with E-state index in [1.165, 1.54) is 22.7 Å². The first-order valence-corrected chi connectivity index (χ1v) is 12.1. The summed E-state index contributed by atoms with van der Waals surface area (Å²) in [6.45, 7) is 5.30. The molecule has 0 radical (unpaired) electrons. The fraction of sp³-hybridized carbons (Fsp3) is 0.400. The number of fused-ring (bicyclic) bond motifs is 1. The lowest BCUT2D eigenvalue weighted by atomic mass is 10.0. The molecule has 1 atom stereocenters. The van der Waals surface area contributed by atoms with Gasteiger partial charge in [0.05, 0.1) is 24.5 Å². The number of aromatic nitrogens is 2. The zero-order valence-electron chi connectivity index (χ0n) is 19.0. The quantitative estimate of drug-likeness (QED) is 0.443. The van der Waals surface area contributed by atoms with Gasteiger partial charge in [0.1, 0.15) is 11.1 Å². The molecule has 4 rings (SSSR count). The molecular weight excluding hydrogens is 434 g/mol. The maximum absolute atomic E-state index is 9.58. The molecule has 0 amide bonds. The molecule has 0 fully saturated rings.